The van der Waals surface area contributed by atoms with Crippen molar-refractivity contribution in [1.82, 2.24) is 34.9 Å². The van der Waals surface area contributed by atoms with Gasteiger partial charge >= 0.3 is 0 Å². The van der Waals surface area contributed by atoms with E-state index in [-0.39, 0.29) is 24.0 Å². The Balaban J connectivity index is 0.000000142. The highest BCUT2D eigenvalue weighted by atomic mass is 35.5. The van der Waals surface area contributed by atoms with E-state index in [0.29, 0.717) is 108 Å². The van der Waals surface area contributed by atoms with Crippen molar-refractivity contribution in [3.63, 3.8) is 0 Å². The molecular formula is C70H63Cl3N12O7. The fourth-order valence-electron chi connectivity index (χ4n) is 9.99. The molecule has 0 saturated heterocycles. The number of fused-ring (bicyclic) bond motifs is 4. The molecule has 0 aliphatic carbocycles. The Hall–Kier alpha value is -10.6. The SMILES string of the molecule is CN(C)c1ccc2nc(-c3cc(CC(=O)c4cccnc4)ccc3Cl)[nH]c2c1.CN(C)c1ccc2nc(-c3cc(NC(=O)c4ccc5c(c4)OCCO5)ccc3Cl)[nH]c2c1.COc1cc(OC)cc(C(=O)Nc2ccc(Cl)c(-c3nc4ccc(N(C)C)cc4[nH]3)c2)c1. The van der Waals surface area contributed by atoms with Gasteiger partial charge < -0.3 is 59.2 Å². The van der Waals surface area contributed by atoms with E-state index in [2.05, 4.69) is 51.6 Å². The van der Waals surface area contributed by atoms with Gasteiger partial charge in [0, 0.05) is 129 Å². The summed E-state index contributed by atoms with van der Waals surface area (Å²) in [5, 5.41) is 7.47. The van der Waals surface area contributed by atoms with Crippen LogP contribution in [0.3, 0.4) is 0 Å². The number of aromatic nitrogens is 7. The van der Waals surface area contributed by atoms with Crippen LogP contribution in [-0.2, 0) is 6.42 Å². The second-order valence-electron chi connectivity index (χ2n) is 22.0. The monoisotopic (exact) mass is 1290 g/mol. The molecule has 0 radical (unpaired) electrons. The zero-order chi connectivity index (χ0) is 64.7. The Morgan fingerprint density at radius 1 is 0.489 bits per heavy atom. The summed E-state index contributed by atoms with van der Waals surface area (Å²) >= 11 is 19.4. The smallest absolute Gasteiger partial charge is 0.255 e. The number of rotatable bonds is 15. The second-order valence-corrected chi connectivity index (χ2v) is 23.2. The molecule has 19 nitrogen and oxygen atoms in total. The molecule has 466 valence electrons. The lowest BCUT2D eigenvalue weighted by atomic mass is 10.0. The molecule has 12 aromatic rings. The molecule has 0 unspecified atom stereocenters. The van der Waals surface area contributed by atoms with E-state index in [1.165, 1.54) is 14.2 Å². The van der Waals surface area contributed by atoms with Crippen LogP contribution in [-0.4, -0.2) is 122 Å². The fraction of sp³-hybridized carbons (Fsp3) is 0.157. The van der Waals surface area contributed by atoms with Crippen LogP contribution in [0, 0.1) is 0 Å². The van der Waals surface area contributed by atoms with Gasteiger partial charge in [0.25, 0.3) is 11.8 Å². The van der Waals surface area contributed by atoms with Crippen LogP contribution >= 0.6 is 34.8 Å². The molecule has 1 aliphatic heterocycles. The maximum Gasteiger partial charge on any atom is 0.255 e. The fourth-order valence-corrected chi connectivity index (χ4v) is 10.6. The number of hydrogen-bond donors (Lipinski definition) is 5. The summed E-state index contributed by atoms with van der Waals surface area (Å²) in [6, 6.07) is 47.9. The number of H-pyrrole nitrogens is 3. The first-order valence-electron chi connectivity index (χ1n) is 29.0. The Bertz CT molecular complexity index is 4700. The standard InChI is InChI=1S/C24H21ClN4O3.C24H23ClN4O3.C22H19ClN4O/c1-29(2)16-5-7-19-20(13-16)28-23(27-19)17-12-15(4-6-18(17)25)26-24(30)14-3-8-21-22(11-14)32-10-9-31-21;1-29(2)16-6-8-21-22(12-16)28-23(27-21)19-11-15(5-7-20(19)25)26-24(30)14-9-17(31-3)13-18(10-14)32-4;1-27(2)16-6-8-19-20(12-16)26-22(25-19)17-10-14(5-7-18(17)23)11-21(28)15-4-3-9-24-13-15/h3-8,11-13H,9-10H2,1-2H3,(H,26,30)(H,27,28);5-13H,1-4H3,(H,26,30)(H,27,28);3-10,12-13H,11H2,1-2H3,(H,25,26). The maximum atomic E-state index is 12.8. The molecule has 0 saturated carbocycles. The summed E-state index contributed by atoms with van der Waals surface area (Å²) in [7, 11) is 15.0. The molecule has 5 N–H and O–H groups in total. The molecule has 2 amide bonds. The molecule has 0 fully saturated rings. The molecule has 1 aliphatic rings. The van der Waals surface area contributed by atoms with Crippen LogP contribution in [0.2, 0.25) is 15.1 Å². The lowest BCUT2D eigenvalue weighted by molar-refractivity contribution is 0.0989. The van der Waals surface area contributed by atoms with Crippen LogP contribution in [0.4, 0.5) is 28.4 Å². The van der Waals surface area contributed by atoms with Crippen LogP contribution < -0.4 is 44.3 Å². The summed E-state index contributed by atoms with van der Waals surface area (Å²) in [6.45, 7) is 0.969. The van der Waals surface area contributed by atoms with E-state index in [1.807, 2.05) is 124 Å². The summed E-state index contributed by atoms with van der Waals surface area (Å²) in [6.07, 6.45) is 3.52. The number of Topliss-reactive ketones (excluding diaryl/α,β-unsaturated/α-hetero) is 1. The van der Waals surface area contributed by atoms with E-state index in [1.54, 1.807) is 97.3 Å². The van der Waals surface area contributed by atoms with Gasteiger partial charge in [-0.15, -0.1) is 0 Å². The van der Waals surface area contributed by atoms with Gasteiger partial charge in [-0.2, -0.15) is 0 Å². The van der Waals surface area contributed by atoms with E-state index in [0.717, 1.165) is 61.3 Å². The zero-order valence-corrected chi connectivity index (χ0v) is 53.7. The molecule has 5 heterocycles. The molecule has 4 aromatic heterocycles. The molecule has 0 atom stereocenters. The number of nitrogens with zero attached hydrogens (tertiary/aromatic N) is 7. The molecular weight excluding hydrogens is 1230 g/mol. The Morgan fingerprint density at radius 2 is 0.946 bits per heavy atom. The third kappa shape index (κ3) is 14.5. The first-order valence-corrected chi connectivity index (χ1v) is 30.1. The molecule has 8 aromatic carbocycles. The summed E-state index contributed by atoms with van der Waals surface area (Å²) in [5.74, 6) is 3.69. The predicted octanol–water partition coefficient (Wildman–Crippen LogP) is 15.0. The molecule has 0 spiro atoms. The van der Waals surface area contributed by atoms with Crippen molar-refractivity contribution in [1.29, 1.82) is 0 Å². The van der Waals surface area contributed by atoms with Crippen molar-refractivity contribution in [3.8, 4) is 57.2 Å². The highest BCUT2D eigenvalue weighted by molar-refractivity contribution is 6.34. The third-order valence-corrected chi connectivity index (χ3v) is 15.9. The number of carbonyl (C=O) groups is 3. The number of methoxy groups -OCH3 is 2. The summed E-state index contributed by atoms with van der Waals surface area (Å²) in [5.41, 5.74) is 14.2. The van der Waals surface area contributed by atoms with Gasteiger partial charge in [-0.3, -0.25) is 19.4 Å². The normalized spacial score (nSPS) is 11.5. The van der Waals surface area contributed by atoms with Gasteiger partial charge in [-0.1, -0.05) is 40.9 Å². The van der Waals surface area contributed by atoms with Gasteiger partial charge in [0.2, 0.25) is 0 Å². The van der Waals surface area contributed by atoms with Crippen LogP contribution in [0.1, 0.15) is 36.6 Å². The predicted molar refractivity (Wildman–Crippen MR) is 368 cm³/mol. The van der Waals surface area contributed by atoms with Crippen LogP contribution in [0.5, 0.6) is 23.0 Å². The minimum atomic E-state index is -0.296. The number of anilines is 5. The minimum Gasteiger partial charge on any atom is -0.497 e. The number of imidazole rings is 3. The number of nitrogens with one attached hydrogen (secondary N) is 5. The summed E-state index contributed by atoms with van der Waals surface area (Å²) in [4.78, 5) is 72.2. The first kappa shape index (κ1) is 63.0. The van der Waals surface area contributed by atoms with Gasteiger partial charge in [0.1, 0.15) is 42.2 Å². The molecule has 0 bridgehead atoms. The molecule has 92 heavy (non-hydrogen) atoms. The average molecular weight is 1290 g/mol. The lowest BCUT2D eigenvalue weighted by Gasteiger charge is -2.18. The number of ether oxygens (including phenoxy) is 4. The van der Waals surface area contributed by atoms with E-state index < -0.39 is 0 Å². The number of carbonyl (C=O) groups excluding carboxylic acids is 3. The average Bonchev–Trinajstić information content (AvgIpc) is 1.83. The molecule has 13 rings (SSSR count). The van der Waals surface area contributed by atoms with Crippen molar-refractivity contribution < 1.29 is 33.3 Å². The van der Waals surface area contributed by atoms with Crippen molar-refractivity contribution in [2.45, 2.75) is 6.42 Å². The Kier molecular flexibility index (Phi) is 18.9. The highest BCUT2D eigenvalue weighted by Crippen LogP contribution is 2.36. The maximum absolute atomic E-state index is 12.8. The lowest BCUT2D eigenvalue weighted by Crippen LogP contribution is -2.17. The van der Waals surface area contributed by atoms with Gasteiger partial charge in [-0.05, 0) is 151 Å². The van der Waals surface area contributed by atoms with E-state index >= 15 is 0 Å². The van der Waals surface area contributed by atoms with Crippen molar-refractivity contribution in [2.24, 2.45) is 0 Å². The number of amides is 2. The van der Waals surface area contributed by atoms with Crippen LogP contribution in [0.25, 0.3) is 67.3 Å². The first-order chi connectivity index (χ1) is 44.4. The Labute approximate surface area is 545 Å². The largest absolute Gasteiger partial charge is 0.497 e. The van der Waals surface area contributed by atoms with Gasteiger partial charge in [0.15, 0.2) is 17.3 Å². The summed E-state index contributed by atoms with van der Waals surface area (Å²) < 4.78 is 21.6. The second kappa shape index (κ2) is 27.6. The van der Waals surface area contributed by atoms with Crippen LogP contribution in [0.15, 0.2) is 170 Å². The number of hydrogen-bond acceptors (Lipinski definition) is 14. The third-order valence-electron chi connectivity index (χ3n) is 15.0. The van der Waals surface area contributed by atoms with Gasteiger partial charge in [0.05, 0.1) is 62.4 Å². The van der Waals surface area contributed by atoms with Crippen molar-refractivity contribution in [3.05, 3.63) is 207 Å². The minimum absolute atomic E-state index is 0.0154. The molecule has 22 heteroatoms. The zero-order valence-electron chi connectivity index (χ0n) is 51.4. The number of benzene rings is 8. The van der Waals surface area contributed by atoms with Gasteiger partial charge in [-0.25, -0.2) is 15.0 Å². The number of aromatic amines is 3. The Morgan fingerprint density at radius 3 is 1.40 bits per heavy atom. The highest BCUT2D eigenvalue weighted by Gasteiger charge is 2.20. The van der Waals surface area contributed by atoms with Crippen molar-refractivity contribution in [2.75, 3.05) is 95.1 Å². The van der Waals surface area contributed by atoms with E-state index in [4.69, 9.17) is 53.8 Å². The quantitative estimate of drug-likeness (QED) is 0.0603. The number of pyridine rings is 1. The van der Waals surface area contributed by atoms with Crippen molar-refractivity contribution >= 4 is 114 Å². The van der Waals surface area contributed by atoms with E-state index in [9.17, 15) is 14.4 Å². The number of halogens is 3. The topological polar surface area (TPSA) is 221 Å². The number of ketones is 1.